The predicted octanol–water partition coefficient (Wildman–Crippen LogP) is 4.37. The van der Waals surface area contributed by atoms with Crippen LogP contribution < -0.4 is 4.74 Å². The Kier molecular flexibility index (Phi) is 4.89. The van der Waals surface area contributed by atoms with Gasteiger partial charge in [-0.25, -0.2) is 4.39 Å². The molecule has 2 aromatic carbocycles. The minimum atomic E-state index is -1.17. The summed E-state index contributed by atoms with van der Waals surface area (Å²) in [5, 5.41) is 8.61. The van der Waals surface area contributed by atoms with Crippen LogP contribution in [0.5, 0.6) is 5.75 Å². The summed E-state index contributed by atoms with van der Waals surface area (Å²) in [6.07, 6.45) is 2.09. The summed E-state index contributed by atoms with van der Waals surface area (Å²) in [6.45, 7) is 2.26. The second-order valence-corrected chi connectivity index (χ2v) is 4.71. The van der Waals surface area contributed by atoms with Crippen LogP contribution in [0.15, 0.2) is 36.4 Å². The molecule has 0 aliphatic heterocycles. The van der Waals surface area contributed by atoms with E-state index in [0.29, 0.717) is 0 Å². The molecule has 0 aliphatic rings. The van der Waals surface area contributed by atoms with Crippen LogP contribution in [0.3, 0.4) is 0 Å². The van der Waals surface area contributed by atoms with Gasteiger partial charge in [0.15, 0.2) is 11.6 Å². The summed E-state index contributed by atoms with van der Waals surface area (Å²) in [5.41, 5.74) is 1.78. The maximum atomic E-state index is 13.7. The van der Waals surface area contributed by atoms with E-state index < -0.39 is 11.6 Å². The second kappa shape index (κ2) is 6.85. The molecule has 2 aromatic rings. The number of halogens is 2. The van der Waals surface area contributed by atoms with Gasteiger partial charge in [-0.05, 0) is 29.7 Å². The highest BCUT2D eigenvalue weighted by atomic mass is 19.2. The van der Waals surface area contributed by atoms with Crippen molar-refractivity contribution >= 4 is 0 Å². The minimum absolute atomic E-state index is 0.147. The van der Waals surface area contributed by atoms with Crippen molar-refractivity contribution in [3.63, 3.8) is 0 Å². The minimum Gasteiger partial charge on any atom is -0.486 e. The Morgan fingerprint density at radius 3 is 2.29 bits per heavy atom. The van der Waals surface area contributed by atoms with Gasteiger partial charge in [0, 0.05) is 0 Å². The number of nitrogens with zero attached hydrogens (tertiary/aromatic N) is 1. The largest absolute Gasteiger partial charge is 0.486 e. The van der Waals surface area contributed by atoms with Crippen molar-refractivity contribution in [2.45, 2.75) is 26.4 Å². The topological polar surface area (TPSA) is 33.0 Å². The average Bonchev–Trinajstić information content (AvgIpc) is 2.50. The van der Waals surface area contributed by atoms with Crippen molar-refractivity contribution in [2.24, 2.45) is 0 Å². The van der Waals surface area contributed by atoms with E-state index >= 15 is 0 Å². The zero-order chi connectivity index (χ0) is 15.2. The molecule has 108 valence electrons. The van der Waals surface area contributed by atoms with Gasteiger partial charge in [-0.1, -0.05) is 37.6 Å². The lowest BCUT2D eigenvalue weighted by Crippen LogP contribution is -2.00. The molecule has 0 fully saturated rings. The molecule has 0 aliphatic carbocycles. The van der Waals surface area contributed by atoms with Gasteiger partial charge in [-0.3, -0.25) is 0 Å². The Morgan fingerprint density at radius 2 is 1.67 bits per heavy atom. The van der Waals surface area contributed by atoms with Gasteiger partial charge in [0.25, 0.3) is 0 Å². The lowest BCUT2D eigenvalue weighted by molar-refractivity contribution is 0.284. The molecular weight excluding hydrogens is 272 g/mol. The van der Waals surface area contributed by atoms with Crippen LogP contribution in [-0.2, 0) is 13.0 Å². The van der Waals surface area contributed by atoms with Crippen LogP contribution in [0.2, 0.25) is 0 Å². The van der Waals surface area contributed by atoms with Crippen molar-refractivity contribution in [1.82, 2.24) is 0 Å². The molecular formula is C17H15F2NO. The molecule has 0 amide bonds. The number of nitriles is 1. The summed E-state index contributed by atoms with van der Waals surface area (Å²) in [5.74, 6) is -2.49. The van der Waals surface area contributed by atoms with Crippen molar-refractivity contribution in [1.29, 1.82) is 5.26 Å². The van der Waals surface area contributed by atoms with Gasteiger partial charge < -0.3 is 4.74 Å². The lowest BCUT2D eigenvalue weighted by atomic mass is 10.1. The first-order valence-corrected chi connectivity index (χ1v) is 6.74. The van der Waals surface area contributed by atoms with Crippen LogP contribution in [0.1, 0.15) is 30.0 Å². The highest BCUT2D eigenvalue weighted by Gasteiger charge is 2.14. The fraction of sp³-hybridized carbons (Fsp3) is 0.235. The van der Waals surface area contributed by atoms with Crippen LogP contribution in [0.4, 0.5) is 8.78 Å². The molecule has 0 radical (unpaired) electrons. The number of rotatable bonds is 5. The van der Waals surface area contributed by atoms with Crippen molar-refractivity contribution < 1.29 is 13.5 Å². The molecule has 0 bridgehead atoms. The molecule has 0 aromatic heterocycles. The highest BCUT2D eigenvalue weighted by Crippen LogP contribution is 2.23. The highest BCUT2D eigenvalue weighted by molar-refractivity contribution is 5.37. The van der Waals surface area contributed by atoms with Gasteiger partial charge >= 0.3 is 0 Å². The summed E-state index contributed by atoms with van der Waals surface area (Å²) in [7, 11) is 0. The third-order valence-corrected chi connectivity index (χ3v) is 3.12. The quantitative estimate of drug-likeness (QED) is 0.818. The smallest absolute Gasteiger partial charge is 0.202 e. The molecule has 0 atom stereocenters. The Balaban J connectivity index is 2.06. The van der Waals surface area contributed by atoms with E-state index in [9.17, 15) is 8.78 Å². The Hall–Kier alpha value is -2.41. The fourth-order valence-electron chi connectivity index (χ4n) is 1.98. The third-order valence-electron chi connectivity index (χ3n) is 3.12. The van der Waals surface area contributed by atoms with Gasteiger partial charge in [-0.15, -0.1) is 0 Å². The van der Waals surface area contributed by atoms with Gasteiger partial charge in [-0.2, -0.15) is 9.65 Å². The van der Waals surface area contributed by atoms with Gasteiger partial charge in [0.05, 0.1) is 5.56 Å². The van der Waals surface area contributed by atoms with E-state index in [4.69, 9.17) is 10.00 Å². The van der Waals surface area contributed by atoms with E-state index in [0.717, 1.165) is 18.4 Å². The SMILES string of the molecule is CCCc1ccc(COc2ccc(C#N)c(F)c2F)cc1. The van der Waals surface area contributed by atoms with Gasteiger partial charge in [0.1, 0.15) is 12.7 Å². The summed E-state index contributed by atoms with van der Waals surface area (Å²) in [6, 6.07) is 11.9. The number of aryl methyl sites for hydroxylation is 1. The van der Waals surface area contributed by atoms with E-state index in [-0.39, 0.29) is 17.9 Å². The van der Waals surface area contributed by atoms with Crippen LogP contribution in [0, 0.1) is 23.0 Å². The summed E-state index contributed by atoms with van der Waals surface area (Å²) in [4.78, 5) is 0. The normalized spacial score (nSPS) is 10.2. The predicted molar refractivity (Wildman–Crippen MR) is 75.8 cm³/mol. The number of hydrogen-bond donors (Lipinski definition) is 0. The van der Waals surface area contributed by atoms with E-state index in [1.165, 1.54) is 17.7 Å². The number of ether oxygens (including phenoxy) is 1. The van der Waals surface area contributed by atoms with E-state index in [1.807, 2.05) is 24.3 Å². The molecule has 0 heterocycles. The number of benzene rings is 2. The molecule has 2 rings (SSSR count). The monoisotopic (exact) mass is 287 g/mol. The first-order chi connectivity index (χ1) is 10.2. The molecule has 0 saturated heterocycles. The van der Waals surface area contributed by atoms with Crippen LogP contribution in [-0.4, -0.2) is 0 Å². The number of hydrogen-bond acceptors (Lipinski definition) is 2. The molecule has 2 nitrogen and oxygen atoms in total. The zero-order valence-electron chi connectivity index (χ0n) is 11.7. The maximum absolute atomic E-state index is 13.7. The first kappa shape index (κ1) is 15.0. The Morgan fingerprint density at radius 1 is 1.00 bits per heavy atom. The summed E-state index contributed by atoms with van der Waals surface area (Å²) < 4.78 is 32.4. The lowest BCUT2D eigenvalue weighted by Gasteiger charge is -2.09. The molecule has 4 heteroatoms. The third kappa shape index (κ3) is 3.57. The maximum Gasteiger partial charge on any atom is 0.202 e. The Bertz CT molecular complexity index is 660. The molecule has 0 unspecified atom stereocenters. The fourth-order valence-corrected chi connectivity index (χ4v) is 1.98. The van der Waals surface area contributed by atoms with Crippen molar-refractivity contribution in [3.05, 3.63) is 64.7 Å². The van der Waals surface area contributed by atoms with Crippen molar-refractivity contribution in [3.8, 4) is 11.8 Å². The molecule has 0 spiro atoms. The molecule has 0 N–H and O–H groups in total. The molecule has 21 heavy (non-hydrogen) atoms. The Labute approximate surface area is 122 Å². The second-order valence-electron chi connectivity index (χ2n) is 4.71. The van der Waals surface area contributed by atoms with Crippen LogP contribution >= 0.6 is 0 Å². The summed E-state index contributed by atoms with van der Waals surface area (Å²) >= 11 is 0. The standard InChI is InChI=1S/C17H15F2NO/c1-2-3-12-4-6-13(7-5-12)11-21-15-9-8-14(10-20)16(18)17(15)19/h4-9H,2-3,11H2,1H3. The molecule has 0 saturated carbocycles. The van der Waals surface area contributed by atoms with Crippen molar-refractivity contribution in [2.75, 3.05) is 0 Å². The average molecular weight is 287 g/mol. The zero-order valence-corrected chi connectivity index (χ0v) is 11.7. The first-order valence-electron chi connectivity index (χ1n) is 6.74. The van der Waals surface area contributed by atoms with Crippen LogP contribution in [0.25, 0.3) is 0 Å². The van der Waals surface area contributed by atoms with E-state index in [1.54, 1.807) is 6.07 Å². The van der Waals surface area contributed by atoms with Gasteiger partial charge in [0.2, 0.25) is 5.82 Å². The van der Waals surface area contributed by atoms with E-state index in [2.05, 4.69) is 6.92 Å².